The molecule has 0 radical (unpaired) electrons. The summed E-state index contributed by atoms with van der Waals surface area (Å²) >= 11 is 1.39. The van der Waals surface area contributed by atoms with Crippen LogP contribution < -0.4 is 5.73 Å². The molecule has 0 aromatic heterocycles. The lowest BCUT2D eigenvalue weighted by Gasteiger charge is -2.33. The number of para-hydroxylation sites is 1. The molecule has 1 atom stereocenters. The molecule has 1 aromatic carbocycles. The summed E-state index contributed by atoms with van der Waals surface area (Å²) in [5.74, 6) is -1.23. The quantitative estimate of drug-likeness (QED) is 0.620. The monoisotopic (exact) mass is 262 g/mol. The van der Waals surface area contributed by atoms with Crippen LogP contribution in [0.15, 0.2) is 30.0 Å². The molecule has 2 heterocycles. The minimum absolute atomic E-state index is 0.0548. The number of β-lactam (4-membered cyclic amide) rings is 1. The van der Waals surface area contributed by atoms with E-state index in [1.807, 2.05) is 0 Å². The highest BCUT2D eigenvalue weighted by atomic mass is 32.2. The molecule has 0 aliphatic carbocycles. The summed E-state index contributed by atoms with van der Waals surface area (Å²) in [4.78, 5) is 24.7. The minimum atomic E-state index is -1.09. The van der Waals surface area contributed by atoms with Crippen molar-refractivity contribution in [3.05, 3.63) is 35.5 Å². The fourth-order valence-corrected chi connectivity index (χ4v) is 3.58. The molecule has 5 nitrogen and oxygen atoms in total. The molecule has 0 saturated carbocycles. The third-order valence-electron chi connectivity index (χ3n) is 3.02. The number of nitrogen functional groups attached to an aromatic ring is 1. The van der Waals surface area contributed by atoms with Crippen LogP contribution in [0.5, 0.6) is 0 Å². The zero-order valence-corrected chi connectivity index (χ0v) is 10.1. The van der Waals surface area contributed by atoms with E-state index >= 15 is 0 Å². The SMILES string of the molecule is Nc1ccccc1C1=C(C(=O)O)N2C(=O)C[C@H]2S1. The van der Waals surface area contributed by atoms with Crippen LogP contribution in [-0.2, 0) is 9.59 Å². The first-order chi connectivity index (χ1) is 8.59. The topological polar surface area (TPSA) is 83.6 Å². The Labute approximate surface area is 107 Å². The Balaban J connectivity index is 2.14. The first-order valence-electron chi connectivity index (χ1n) is 5.40. The predicted octanol–water partition coefficient (Wildman–Crippen LogP) is 1.33. The number of carbonyl (C=O) groups excluding carboxylic acids is 1. The first kappa shape index (κ1) is 11.2. The van der Waals surface area contributed by atoms with E-state index in [0.29, 0.717) is 22.6 Å². The number of carboxylic acid groups (broad SMARTS) is 1. The third-order valence-corrected chi connectivity index (χ3v) is 4.32. The fourth-order valence-electron chi connectivity index (χ4n) is 2.15. The van der Waals surface area contributed by atoms with Crippen molar-refractivity contribution in [2.24, 2.45) is 0 Å². The average molecular weight is 262 g/mol. The first-order valence-corrected chi connectivity index (χ1v) is 6.28. The maximum atomic E-state index is 11.5. The summed E-state index contributed by atoms with van der Waals surface area (Å²) in [5.41, 5.74) is 7.12. The van der Waals surface area contributed by atoms with E-state index in [2.05, 4.69) is 0 Å². The number of hydrogen-bond acceptors (Lipinski definition) is 4. The number of thioether (sulfide) groups is 1. The van der Waals surface area contributed by atoms with Crippen LogP contribution in [0.3, 0.4) is 0 Å². The highest BCUT2D eigenvalue weighted by molar-refractivity contribution is 8.09. The van der Waals surface area contributed by atoms with Gasteiger partial charge in [0.1, 0.15) is 5.70 Å². The maximum Gasteiger partial charge on any atom is 0.353 e. The molecule has 1 amide bonds. The second-order valence-electron chi connectivity index (χ2n) is 4.11. The summed E-state index contributed by atoms with van der Waals surface area (Å²) in [6, 6.07) is 7.09. The van der Waals surface area contributed by atoms with Gasteiger partial charge < -0.3 is 10.8 Å². The van der Waals surface area contributed by atoms with E-state index in [0.717, 1.165) is 0 Å². The highest BCUT2D eigenvalue weighted by Gasteiger charge is 2.48. The van der Waals surface area contributed by atoms with Gasteiger partial charge in [-0.2, -0.15) is 0 Å². The number of rotatable bonds is 2. The lowest BCUT2D eigenvalue weighted by atomic mass is 10.1. The number of nitrogens with two attached hydrogens (primary N) is 1. The minimum Gasteiger partial charge on any atom is -0.477 e. The number of amides is 1. The Morgan fingerprint density at radius 2 is 2.17 bits per heavy atom. The molecule has 3 N–H and O–H groups in total. The number of anilines is 1. The number of aliphatic carboxylic acids is 1. The Kier molecular flexibility index (Phi) is 2.34. The van der Waals surface area contributed by atoms with Crippen LogP contribution in [0, 0.1) is 0 Å². The molecule has 18 heavy (non-hydrogen) atoms. The maximum absolute atomic E-state index is 11.5. The van der Waals surface area contributed by atoms with Crippen LogP contribution in [0.4, 0.5) is 5.69 Å². The van der Waals surface area contributed by atoms with E-state index < -0.39 is 5.97 Å². The zero-order valence-electron chi connectivity index (χ0n) is 9.29. The van der Waals surface area contributed by atoms with Crippen molar-refractivity contribution in [1.29, 1.82) is 0 Å². The van der Waals surface area contributed by atoms with Crippen LogP contribution in [0.2, 0.25) is 0 Å². The smallest absolute Gasteiger partial charge is 0.353 e. The molecular formula is C12H10N2O3S. The van der Waals surface area contributed by atoms with E-state index in [-0.39, 0.29) is 17.0 Å². The molecular weight excluding hydrogens is 252 g/mol. The molecule has 0 bridgehead atoms. The largest absolute Gasteiger partial charge is 0.477 e. The van der Waals surface area contributed by atoms with Crippen molar-refractivity contribution in [3.8, 4) is 0 Å². The van der Waals surface area contributed by atoms with Gasteiger partial charge in [0.25, 0.3) is 0 Å². The number of benzene rings is 1. The summed E-state index contributed by atoms with van der Waals surface area (Å²) in [7, 11) is 0. The van der Waals surface area contributed by atoms with Gasteiger partial charge in [-0.1, -0.05) is 30.0 Å². The number of hydrogen-bond donors (Lipinski definition) is 2. The van der Waals surface area contributed by atoms with E-state index in [4.69, 9.17) is 5.73 Å². The van der Waals surface area contributed by atoms with Gasteiger partial charge in [0, 0.05) is 16.2 Å². The second-order valence-corrected chi connectivity index (χ2v) is 5.30. The second kappa shape index (κ2) is 3.78. The van der Waals surface area contributed by atoms with Crippen LogP contribution in [0.1, 0.15) is 12.0 Å². The van der Waals surface area contributed by atoms with Crippen molar-refractivity contribution >= 4 is 34.2 Å². The Morgan fingerprint density at radius 1 is 1.44 bits per heavy atom. The van der Waals surface area contributed by atoms with E-state index in [9.17, 15) is 14.7 Å². The van der Waals surface area contributed by atoms with Gasteiger partial charge >= 0.3 is 5.97 Å². The van der Waals surface area contributed by atoms with Crippen molar-refractivity contribution in [2.75, 3.05) is 5.73 Å². The van der Waals surface area contributed by atoms with Gasteiger partial charge in [0.05, 0.1) is 11.8 Å². The van der Waals surface area contributed by atoms with Gasteiger partial charge in [-0.15, -0.1) is 0 Å². The molecule has 1 saturated heterocycles. The molecule has 1 fully saturated rings. The predicted molar refractivity (Wildman–Crippen MR) is 68.3 cm³/mol. The van der Waals surface area contributed by atoms with Crippen LogP contribution >= 0.6 is 11.8 Å². The zero-order chi connectivity index (χ0) is 12.9. The number of carboxylic acids is 1. The molecule has 0 spiro atoms. The lowest BCUT2D eigenvalue weighted by molar-refractivity contribution is -0.145. The Morgan fingerprint density at radius 3 is 2.78 bits per heavy atom. The molecule has 2 aliphatic rings. The number of nitrogens with zero attached hydrogens (tertiary/aromatic N) is 1. The summed E-state index contributed by atoms with van der Waals surface area (Å²) in [6.45, 7) is 0. The van der Waals surface area contributed by atoms with Crippen molar-refractivity contribution in [3.63, 3.8) is 0 Å². The molecule has 2 aliphatic heterocycles. The third kappa shape index (κ3) is 1.42. The molecule has 0 unspecified atom stereocenters. The number of fused-ring (bicyclic) bond motifs is 1. The van der Waals surface area contributed by atoms with Gasteiger partial charge in [0.2, 0.25) is 5.91 Å². The van der Waals surface area contributed by atoms with Gasteiger partial charge in [-0.05, 0) is 6.07 Å². The Bertz CT molecular complexity index is 597. The summed E-state index contributed by atoms with van der Waals surface area (Å²) in [5, 5.41) is 9.18. The van der Waals surface area contributed by atoms with Crippen molar-refractivity contribution < 1.29 is 14.7 Å². The van der Waals surface area contributed by atoms with Crippen molar-refractivity contribution in [2.45, 2.75) is 11.8 Å². The van der Waals surface area contributed by atoms with Gasteiger partial charge in [0.15, 0.2) is 0 Å². The van der Waals surface area contributed by atoms with Crippen molar-refractivity contribution in [1.82, 2.24) is 4.90 Å². The molecule has 92 valence electrons. The van der Waals surface area contributed by atoms with Crippen LogP contribution in [0.25, 0.3) is 4.91 Å². The molecule has 3 rings (SSSR count). The van der Waals surface area contributed by atoms with Gasteiger partial charge in [-0.25, -0.2) is 4.79 Å². The normalized spacial score (nSPS) is 21.9. The average Bonchev–Trinajstić information content (AvgIpc) is 2.63. The Hall–Kier alpha value is -1.95. The fraction of sp³-hybridized carbons (Fsp3) is 0.167. The summed E-state index contributed by atoms with van der Waals surface area (Å²) in [6.07, 6.45) is 0.387. The van der Waals surface area contributed by atoms with E-state index in [1.54, 1.807) is 24.3 Å². The molecule has 6 heteroatoms. The number of carbonyl (C=O) groups is 2. The molecule has 1 aromatic rings. The van der Waals surface area contributed by atoms with Crippen LogP contribution in [-0.4, -0.2) is 27.3 Å². The highest BCUT2D eigenvalue weighted by Crippen LogP contribution is 2.51. The van der Waals surface area contributed by atoms with Gasteiger partial charge in [-0.3, -0.25) is 9.69 Å². The van der Waals surface area contributed by atoms with E-state index in [1.165, 1.54) is 16.7 Å². The standard InChI is InChI=1S/C12H10N2O3S/c13-7-4-2-1-3-6(7)11-10(12(16)17)14-8(15)5-9(14)18-11/h1-4,9H,5,13H2,(H,16,17)/t9-/m1/s1. The summed E-state index contributed by atoms with van der Waals surface area (Å²) < 4.78 is 0. The lowest BCUT2D eigenvalue weighted by Crippen LogP contribution is -2.48.